The number of carbonyl (C=O) groups is 2. The lowest BCUT2D eigenvalue weighted by molar-refractivity contribution is 0.0515. The van der Waals surface area contributed by atoms with Crippen LogP contribution in [0, 0.1) is 6.92 Å². The number of likely N-dealkylation sites (N-methyl/N-ethyl adjacent to an activating group) is 1. The van der Waals surface area contributed by atoms with Gasteiger partial charge in [-0.05, 0) is 97.5 Å². The third kappa shape index (κ3) is 11.0. The summed E-state index contributed by atoms with van der Waals surface area (Å²) in [5.41, 5.74) is 8.88. The number of methoxy groups -OCH3 is 1. The molecule has 0 radical (unpaired) electrons. The molecule has 0 heterocycles. The molecule has 0 atom stereocenters. The fourth-order valence-corrected chi connectivity index (χ4v) is 5.62. The first-order chi connectivity index (χ1) is 24.2. The van der Waals surface area contributed by atoms with Gasteiger partial charge in [0.1, 0.15) is 12.4 Å². The number of unbranched alkanes of at least 4 members (excludes halogenated alkanes) is 2. The van der Waals surface area contributed by atoms with E-state index >= 15 is 0 Å². The zero-order chi connectivity index (χ0) is 35.9. The van der Waals surface area contributed by atoms with Gasteiger partial charge in [-0.15, -0.1) is 0 Å². The maximum atomic E-state index is 12.4. The Kier molecular flexibility index (Phi) is 14.5. The number of aryl methyl sites for hydroxylation is 1. The van der Waals surface area contributed by atoms with Crippen LogP contribution in [0.25, 0.3) is 24.3 Å². The molecule has 0 aliphatic heterocycles. The van der Waals surface area contributed by atoms with Crippen LogP contribution in [-0.4, -0.2) is 52.2 Å². The average Bonchev–Trinajstić information content (AvgIpc) is 3.14. The number of rotatable bonds is 18. The highest BCUT2D eigenvalue weighted by molar-refractivity contribution is 5.96. The van der Waals surface area contributed by atoms with Gasteiger partial charge >= 0.3 is 5.97 Å². The maximum absolute atomic E-state index is 12.4. The SMILES string of the molecule is CCCCN(CCCC)c1ccc(/C=C/c2cc(OC)c(/C=C/c3ccc(N(C)CCOC(=O)c4ccc(C(C)=O)cc4)cc3)cc2C)cc1. The van der Waals surface area contributed by atoms with E-state index in [-0.39, 0.29) is 12.4 Å². The molecule has 262 valence electrons. The predicted octanol–water partition coefficient (Wildman–Crippen LogP) is 10.2. The van der Waals surface area contributed by atoms with Gasteiger partial charge in [-0.2, -0.15) is 0 Å². The van der Waals surface area contributed by atoms with E-state index in [4.69, 9.17) is 9.47 Å². The molecule has 0 unspecified atom stereocenters. The molecule has 4 aromatic rings. The number of ether oxygens (including phenoxy) is 2. The molecule has 0 spiro atoms. The topological polar surface area (TPSA) is 59.1 Å². The molecule has 50 heavy (non-hydrogen) atoms. The molecule has 4 aromatic carbocycles. The summed E-state index contributed by atoms with van der Waals surface area (Å²) in [6.45, 7) is 11.1. The molecule has 0 aliphatic carbocycles. The molecule has 0 amide bonds. The van der Waals surface area contributed by atoms with E-state index in [1.807, 2.05) is 11.9 Å². The zero-order valence-corrected chi connectivity index (χ0v) is 30.6. The minimum atomic E-state index is -0.402. The highest BCUT2D eigenvalue weighted by Crippen LogP contribution is 2.28. The van der Waals surface area contributed by atoms with Gasteiger partial charge < -0.3 is 19.3 Å². The Labute approximate surface area is 299 Å². The maximum Gasteiger partial charge on any atom is 0.338 e. The minimum absolute atomic E-state index is 0.0371. The van der Waals surface area contributed by atoms with Gasteiger partial charge in [-0.3, -0.25) is 4.79 Å². The summed E-state index contributed by atoms with van der Waals surface area (Å²) < 4.78 is 11.2. The van der Waals surface area contributed by atoms with Crippen molar-refractivity contribution in [1.29, 1.82) is 0 Å². The lowest BCUT2D eigenvalue weighted by Gasteiger charge is -2.24. The molecule has 6 heteroatoms. The number of esters is 1. The molecule has 0 aliphatic rings. The van der Waals surface area contributed by atoms with Gasteiger partial charge in [0, 0.05) is 42.6 Å². The lowest BCUT2D eigenvalue weighted by Crippen LogP contribution is -2.25. The normalized spacial score (nSPS) is 11.2. The van der Waals surface area contributed by atoms with Crippen molar-refractivity contribution in [3.8, 4) is 5.75 Å². The molecule has 0 bridgehead atoms. The summed E-state index contributed by atoms with van der Waals surface area (Å²) in [7, 11) is 3.68. The van der Waals surface area contributed by atoms with Crippen LogP contribution >= 0.6 is 0 Å². The van der Waals surface area contributed by atoms with Crippen LogP contribution in [0.1, 0.15) is 95.0 Å². The van der Waals surface area contributed by atoms with Crippen molar-refractivity contribution in [2.75, 3.05) is 50.2 Å². The quantitative estimate of drug-likeness (QED) is 0.0596. The first kappa shape index (κ1) is 37.7. The average molecular weight is 673 g/mol. The first-order valence-corrected chi connectivity index (χ1v) is 17.7. The number of carbonyl (C=O) groups excluding carboxylic acids is 2. The van der Waals surface area contributed by atoms with Gasteiger partial charge in [0.15, 0.2) is 5.78 Å². The molecule has 0 fully saturated rings. The van der Waals surface area contributed by atoms with E-state index in [1.165, 1.54) is 49.4 Å². The number of nitrogens with zero attached hydrogens (tertiary/aromatic N) is 2. The van der Waals surface area contributed by atoms with Crippen LogP contribution < -0.4 is 14.5 Å². The van der Waals surface area contributed by atoms with Crippen molar-refractivity contribution in [3.63, 3.8) is 0 Å². The number of hydrogen-bond donors (Lipinski definition) is 0. The summed E-state index contributed by atoms with van der Waals surface area (Å²) in [6, 6.07) is 27.9. The number of anilines is 2. The second kappa shape index (κ2) is 19.2. The highest BCUT2D eigenvalue weighted by Gasteiger charge is 2.10. The fourth-order valence-electron chi connectivity index (χ4n) is 5.62. The van der Waals surface area contributed by atoms with Crippen LogP contribution in [0.3, 0.4) is 0 Å². The molecule has 0 N–H and O–H groups in total. The molecule has 4 rings (SSSR count). The van der Waals surface area contributed by atoms with Gasteiger partial charge in [0.2, 0.25) is 0 Å². The standard InChI is InChI=1S/C44H52N2O4/c1-7-9-27-46(28-10-8-2)42-25-15-35(16-26-42)11-17-39-32-43(49-6)40(31-33(39)3)18-12-36-13-23-41(24-14-36)45(5)29-30-50-44(48)38-21-19-37(20-22-38)34(4)47/h11-26,31-32H,7-10,27-30H2,1-6H3/b17-11+,18-12+. The number of benzene rings is 4. The zero-order valence-electron chi connectivity index (χ0n) is 30.6. The Bertz CT molecular complexity index is 1730. The van der Waals surface area contributed by atoms with Gasteiger partial charge in [0.05, 0.1) is 19.2 Å². The van der Waals surface area contributed by atoms with Crippen molar-refractivity contribution in [2.24, 2.45) is 0 Å². The second-order valence-corrected chi connectivity index (χ2v) is 12.7. The summed E-state index contributed by atoms with van der Waals surface area (Å²) in [5, 5.41) is 0. The lowest BCUT2D eigenvalue weighted by atomic mass is 10.0. The van der Waals surface area contributed by atoms with Crippen LogP contribution in [-0.2, 0) is 4.74 Å². The summed E-state index contributed by atoms with van der Waals surface area (Å²) in [5.74, 6) is 0.385. The third-order valence-electron chi connectivity index (χ3n) is 8.87. The van der Waals surface area contributed by atoms with Gasteiger partial charge in [-0.1, -0.05) is 87.4 Å². The summed E-state index contributed by atoms with van der Waals surface area (Å²) in [4.78, 5) is 28.4. The Morgan fingerprint density at radius 3 is 1.76 bits per heavy atom. The van der Waals surface area contributed by atoms with Crippen molar-refractivity contribution >= 4 is 47.4 Å². The summed E-state index contributed by atoms with van der Waals surface area (Å²) >= 11 is 0. The van der Waals surface area contributed by atoms with E-state index in [9.17, 15) is 9.59 Å². The third-order valence-corrected chi connectivity index (χ3v) is 8.87. The fraction of sp³-hybridized carbons (Fsp3) is 0.318. The minimum Gasteiger partial charge on any atom is -0.496 e. The van der Waals surface area contributed by atoms with Crippen molar-refractivity contribution in [3.05, 3.63) is 124 Å². The molecular formula is C44H52N2O4. The molecule has 0 saturated carbocycles. The van der Waals surface area contributed by atoms with Crippen LogP contribution in [0.5, 0.6) is 5.75 Å². The van der Waals surface area contributed by atoms with Gasteiger partial charge in [0.25, 0.3) is 0 Å². The number of ketones is 1. The molecule has 0 aromatic heterocycles. The second-order valence-electron chi connectivity index (χ2n) is 12.7. The van der Waals surface area contributed by atoms with E-state index in [0.29, 0.717) is 17.7 Å². The largest absolute Gasteiger partial charge is 0.496 e. The van der Waals surface area contributed by atoms with Crippen LogP contribution in [0.15, 0.2) is 84.9 Å². The molecular weight excluding hydrogens is 620 g/mol. The van der Waals surface area contributed by atoms with E-state index in [0.717, 1.165) is 41.2 Å². The first-order valence-electron chi connectivity index (χ1n) is 17.7. The van der Waals surface area contributed by atoms with Crippen molar-refractivity contribution < 1.29 is 19.1 Å². The predicted molar refractivity (Wildman–Crippen MR) is 210 cm³/mol. The Morgan fingerprint density at radius 2 is 1.22 bits per heavy atom. The number of Topliss-reactive ketones (excluding diaryl/α,β-unsaturated/α-hetero) is 1. The van der Waals surface area contributed by atoms with E-state index < -0.39 is 5.97 Å². The Hall–Kier alpha value is -5.10. The highest BCUT2D eigenvalue weighted by atomic mass is 16.5. The monoisotopic (exact) mass is 672 g/mol. The number of hydrogen-bond acceptors (Lipinski definition) is 6. The Balaban J connectivity index is 1.33. The molecule has 0 saturated heterocycles. The van der Waals surface area contributed by atoms with Crippen LogP contribution in [0.2, 0.25) is 0 Å². The van der Waals surface area contributed by atoms with Crippen molar-refractivity contribution in [1.82, 2.24) is 0 Å². The summed E-state index contributed by atoms with van der Waals surface area (Å²) in [6.07, 6.45) is 13.3. The smallest absolute Gasteiger partial charge is 0.338 e. The van der Waals surface area contributed by atoms with E-state index in [2.05, 4.69) is 111 Å². The molecule has 6 nitrogen and oxygen atoms in total. The van der Waals surface area contributed by atoms with Crippen molar-refractivity contribution in [2.45, 2.75) is 53.4 Å². The Morgan fingerprint density at radius 1 is 0.680 bits per heavy atom. The van der Waals surface area contributed by atoms with Crippen LogP contribution in [0.4, 0.5) is 11.4 Å². The van der Waals surface area contributed by atoms with Gasteiger partial charge in [-0.25, -0.2) is 4.79 Å². The van der Waals surface area contributed by atoms with E-state index in [1.54, 1.807) is 31.4 Å².